The summed E-state index contributed by atoms with van der Waals surface area (Å²) in [6, 6.07) is 3.00. The minimum absolute atomic E-state index is 0.177. The molecule has 0 aromatic carbocycles. The zero-order valence-corrected chi connectivity index (χ0v) is 9.32. The molecule has 2 aromatic heterocycles. The molecule has 2 aromatic rings. The molecule has 0 amide bonds. The third kappa shape index (κ3) is 2.15. The van der Waals surface area contributed by atoms with E-state index in [1.165, 1.54) is 13.2 Å². The fraction of sp³-hybridized carbons (Fsp3) is 0.182. The van der Waals surface area contributed by atoms with Crippen molar-refractivity contribution in [3.05, 3.63) is 35.5 Å². The number of carbonyl (C=O) groups excluding carboxylic acids is 1. The number of hydrogen-bond donors (Lipinski definition) is 1. The molecule has 0 spiro atoms. The van der Waals surface area contributed by atoms with Crippen molar-refractivity contribution in [3.8, 4) is 11.3 Å². The molecule has 1 N–H and O–H groups in total. The predicted octanol–water partition coefficient (Wildman–Crippen LogP) is 1.71. The lowest BCUT2D eigenvalue weighted by Crippen LogP contribution is -2.00. The number of nitrogens with zero attached hydrogens (tertiary/aromatic N) is 2. The van der Waals surface area contributed by atoms with E-state index in [0.29, 0.717) is 17.0 Å². The molecule has 0 fully saturated rings. The number of pyridine rings is 1. The first-order valence-corrected chi connectivity index (χ1v) is 4.88. The van der Waals surface area contributed by atoms with Gasteiger partial charge in [-0.15, -0.1) is 0 Å². The SMILES string of the molecule is COC(=O)c1cc(-c2cc(C)ncc2F)n[nH]1. The Bertz CT molecular complexity index is 566. The predicted molar refractivity (Wildman–Crippen MR) is 57.9 cm³/mol. The van der Waals surface area contributed by atoms with Crippen LogP contribution < -0.4 is 0 Å². The van der Waals surface area contributed by atoms with Gasteiger partial charge in [-0.05, 0) is 19.1 Å². The highest BCUT2D eigenvalue weighted by molar-refractivity contribution is 5.88. The van der Waals surface area contributed by atoms with Crippen LogP contribution in [0.15, 0.2) is 18.3 Å². The highest BCUT2D eigenvalue weighted by atomic mass is 19.1. The average Bonchev–Trinajstić information content (AvgIpc) is 2.80. The zero-order valence-electron chi connectivity index (χ0n) is 9.32. The van der Waals surface area contributed by atoms with E-state index < -0.39 is 11.8 Å². The van der Waals surface area contributed by atoms with Gasteiger partial charge in [-0.3, -0.25) is 10.1 Å². The van der Waals surface area contributed by atoms with Gasteiger partial charge in [0, 0.05) is 11.3 Å². The number of hydrogen-bond acceptors (Lipinski definition) is 4. The van der Waals surface area contributed by atoms with E-state index in [1.807, 2.05) is 0 Å². The van der Waals surface area contributed by atoms with Crippen LogP contribution in [0.2, 0.25) is 0 Å². The maximum absolute atomic E-state index is 13.5. The van der Waals surface area contributed by atoms with Gasteiger partial charge in [-0.25, -0.2) is 9.18 Å². The Morgan fingerprint density at radius 3 is 2.94 bits per heavy atom. The quantitative estimate of drug-likeness (QED) is 0.804. The van der Waals surface area contributed by atoms with Crippen LogP contribution in [0.25, 0.3) is 11.3 Å². The molecule has 0 aliphatic heterocycles. The number of halogens is 1. The third-order valence-electron chi connectivity index (χ3n) is 2.25. The van der Waals surface area contributed by atoms with Crippen LogP contribution in [0.5, 0.6) is 0 Å². The molecule has 0 bridgehead atoms. The van der Waals surface area contributed by atoms with Crippen molar-refractivity contribution in [2.24, 2.45) is 0 Å². The number of aromatic nitrogens is 3. The lowest BCUT2D eigenvalue weighted by atomic mass is 10.1. The first kappa shape index (κ1) is 11.3. The first-order valence-electron chi connectivity index (χ1n) is 4.88. The van der Waals surface area contributed by atoms with Crippen LogP contribution in [0, 0.1) is 12.7 Å². The van der Waals surface area contributed by atoms with Crippen LogP contribution in [0.1, 0.15) is 16.2 Å². The van der Waals surface area contributed by atoms with Crippen molar-refractivity contribution in [3.63, 3.8) is 0 Å². The molecular weight excluding hydrogens is 225 g/mol. The number of methoxy groups -OCH3 is 1. The van der Waals surface area contributed by atoms with Crippen molar-refractivity contribution < 1.29 is 13.9 Å². The number of nitrogens with one attached hydrogen (secondary N) is 1. The number of ether oxygens (including phenoxy) is 1. The highest BCUT2D eigenvalue weighted by Gasteiger charge is 2.14. The van der Waals surface area contributed by atoms with Crippen LogP contribution in [-0.2, 0) is 4.74 Å². The summed E-state index contributed by atoms with van der Waals surface area (Å²) in [5.41, 5.74) is 1.48. The van der Waals surface area contributed by atoms with Gasteiger partial charge in [-0.2, -0.15) is 5.10 Å². The Balaban J connectivity index is 2.43. The van der Waals surface area contributed by atoms with E-state index in [-0.39, 0.29) is 5.69 Å². The average molecular weight is 235 g/mol. The summed E-state index contributed by atoms with van der Waals surface area (Å²) in [5.74, 6) is -1.03. The fourth-order valence-corrected chi connectivity index (χ4v) is 1.41. The molecule has 0 aliphatic carbocycles. The molecule has 6 heteroatoms. The van der Waals surface area contributed by atoms with Gasteiger partial charge in [0.1, 0.15) is 5.69 Å². The number of aryl methyl sites for hydroxylation is 1. The molecule has 0 saturated carbocycles. The Morgan fingerprint density at radius 1 is 1.47 bits per heavy atom. The van der Waals surface area contributed by atoms with Crippen LogP contribution in [0.3, 0.4) is 0 Å². The van der Waals surface area contributed by atoms with Crippen molar-refractivity contribution in [2.75, 3.05) is 7.11 Å². The molecule has 0 aliphatic rings. The lowest BCUT2D eigenvalue weighted by Gasteiger charge is -1.99. The molecule has 2 rings (SSSR count). The maximum atomic E-state index is 13.5. The number of esters is 1. The van der Waals surface area contributed by atoms with Gasteiger partial charge < -0.3 is 4.74 Å². The molecule has 0 atom stereocenters. The molecule has 2 heterocycles. The zero-order chi connectivity index (χ0) is 12.4. The summed E-state index contributed by atoms with van der Waals surface area (Å²) in [4.78, 5) is 15.0. The van der Waals surface area contributed by atoms with Crippen molar-refractivity contribution in [1.82, 2.24) is 15.2 Å². The minimum atomic E-state index is -0.546. The molecule has 88 valence electrons. The molecule has 17 heavy (non-hydrogen) atoms. The monoisotopic (exact) mass is 235 g/mol. The van der Waals surface area contributed by atoms with Gasteiger partial charge in [-0.1, -0.05) is 0 Å². The van der Waals surface area contributed by atoms with E-state index in [0.717, 1.165) is 6.20 Å². The third-order valence-corrected chi connectivity index (χ3v) is 2.25. The van der Waals surface area contributed by atoms with Gasteiger partial charge in [0.05, 0.1) is 19.0 Å². The van der Waals surface area contributed by atoms with Crippen LogP contribution in [-0.4, -0.2) is 28.3 Å². The Morgan fingerprint density at radius 2 is 2.24 bits per heavy atom. The molecule has 0 unspecified atom stereocenters. The normalized spacial score (nSPS) is 10.3. The smallest absolute Gasteiger partial charge is 0.356 e. The van der Waals surface area contributed by atoms with Gasteiger partial charge >= 0.3 is 5.97 Å². The van der Waals surface area contributed by atoms with Gasteiger partial charge in [0.15, 0.2) is 5.82 Å². The second-order valence-electron chi connectivity index (χ2n) is 3.46. The molecule has 0 radical (unpaired) electrons. The Labute approximate surface area is 96.6 Å². The molecular formula is C11H10FN3O2. The van der Waals surface area contributed by atoms with Gasteiger partial charge in [0.2, 0.25) is 0 Å². The maximum Gasteiger partial charge on any atom is 0.356 e. The number of carbonyl (C=O) groups is 1. The number of H-pyrrole nitrogens is 1. The van der Waals surface area contributed by atoms with Crippen LogP contribution in [0.4, 0.5) is 4.39 Å². The first-order chi connectivity index (χ1) is 8.11. The van der Waals surface area contributed by atoms with Gasteiger partial charge in [0.25, 0.3) is 0 Å². The lowest BCUT2D eigenvalue weighted by molar-refractivity contribution is 0.0594. The van der Waals surface area contributed by atoms with E-state index >= 15 is 0 Å². The summed E-state index contributed by atoms with van der Waals surface area (Å²) < 4.78 is 18.0. The highest BCUT2D eigenvalue weighted by Crippen LogP contribution is 2.21. The van der Waals surface area contributed by atoms with Crippen molar-refractivity contribution in [1.29, 1.82) is 0 Å². The largest absolute Gasteiger partial charge is 0.464 e. The fourth-order valence-electron chi connectivity index (χ4n) is 1.41. The molecule has 5 nitrogen and oxygen atoms in total. The Kier molecular flexibility index (Phi) is 2.86. The second kappa shape index (κ2) is 4.32. The van der Waals surface area contributed by atoms with Crippen LogP contribution >= 0.6 is 0 Å². The summed E-state index contributed by atoms with van der Waals surface area (Å²) >= 11 is 0. The topological polar surface area (TPSA) is 67.9 Å². The standard InChI is InChI=1S/C11H10FN3O2/c1-6-3-7(8(12)5-13-6)9-4-10(15-14-9)11(16)17-2/h3-5H,1-2H3,(H,14,15). The summed E-state index contributed by atoms with van der Waals surface area (Å²) in [6.07, 6.45) is 1.12. The molecule has 0 saturated heterocycles. The Hall–Kier alpha value is -2.24. The van der Waals surface area contributed by atoms with E-state index in [9.17, 15) is 9.18 Å². The van der Waals surface area contributed by atoms with E-state index in [2.05, 4.69) is 19.9 Å². The number of aromatic amines is 1. The second-order valence-corrected chi connectivity index (χ2v) is 3.46. The summed E-state index contributed by atoms with van der Waals surface area (Å²) in [7, 11) is 1.26. The van der Waals surface area contributed by atoms with E-state index in [1.54, 1.807) is 13.0 Å². The number of rotatable bonds is 2. The minimum Gasteiger partial charge on any atom is -0.464 e. The summed E-state index contributed by atoms with van der Waals surface area (Å²) in [6.45, 7) is 1.75. The van der Waals surface area contributed by atoms with Crippen molar-refractivity contribution >= 4 is 5.97 Å². The van der Waals surface area contributed by atoms with E-state index in [4.69, 9.17) is 0 Å². The summed E-state index contributed by atoms with van der Waals surface area (Å²) in [5, 5.41) is 6.35. The van der Waals surface area contributed by atoms with Crippen molar-refractivity contribution in [2.45, 2.75) is 6.92 Å².